The molecule has 0 spiro atoms. The molecule has 0 saturated carbocycles. The van der Waals surface area contributed by atoms with Gasteiger partial charge in [-0.25, -0.2) is 0 Å². The molecule has 0 fully saturated rings. The molecule has 0 bridgehead atoms. The predicted molar refractivity (Wildman–Crippen MR) is 179 cm³/mol. The number of carboxylic acid groups (broad SMARTS) is 1. The minimum absolute atomic E-state index is 0.0833. The number of benzene rings is 3. The number of aliphatic carboxylic acids is 1. The van der Waals surface area contributed by atoms with Crippen molar-refractivity contribution in [1.29, 1.82) is 0 Å². The molecular formula is C37H42N2O2S. The molecule has 0 atom stereocenters. The molecule has 4 nitrogen and oxygen atoms in total. The maximum Gasteiger partial charge on any atom is 0.313 e. The van der Waals surface area contributed by atoms with Crippen molar-refractivity contribution in [3.05, 3.63) is 156 Å². The Morgan fingerprint density at radius 3 is 1.93 bits per heavy atom. The van der Waals surface area contributed by atoms with E-state index < -0.39 is 5.97 Å². The van der Waals surface area contributed by atoms with Crippen molar-refractivity contribution in [3.63, 3.8) is 0 Å². The van der Waals surface area contributed by atoms with E-state index in [-0.39, 0.29) is 5.75 Å². The topological polar surface area (TPSA) is 53.4 Å². The lowest BCUT2D eigenvalue weighted by atomic mass is 9.88. The molecule has 4 aromatic rings. The van der Waals surface area contributed by atoms with Gasteiger partial charge in [0.05, 0.1) is 5.75 Å². The van der Waals surface area contributed by atoms with E-state index >= 15 is 0 Å². The molecule has 42 heavy (non-hydrogen) atoms. The van der Waals surface area contributed by atoms with Crippen molar-refractivity contribution in [2.75, 3.05) is 18.8 Å². The Hall–Kier alpha value is -4.09. The molecule has 0 amide bonds. The van der Waals surface area contributed by atoms with Gasteiger partial charge < -0.3 is 10.0 Å². The zero-order valence-corrected chi connectivity index (χ0v) is 25.3. The Bertz CT molecular complexity index is 1300. The van der Waals surface area contributed by atoms with Crippen molar-refractivity contribution >= 4 is 24.7 Å². The first-order valence-corrected chi connectivity index (χ1v) is 15.2. The third kappa shape index (κ3) is 11.8. The number of aromatic nitrogens is 1. The average Bonchev–Trinajstić information content (AvgIpc) is 3.04. The second-order valence-electron chi connectivity index (χ2n) is 9.94. The van der Waals surface area contributed by atoms with Crippen LogP contribution in [0.15, 0.2) is 133 Å². The molecule has 218 valence electrons. The third-order valence-corrected chi connectivity index (χ3v) is 7.16. The van der Waals surface area contributed by atoms with Gasteiger partial charge in [-0.3, -0.25) is 9.78 Å². The molecule has 0 aliphatic heterocycles. The number of hydrogen-bond acceptors (Lipinski definition) is 4. The van der Waals surface area contributed by atoms with Crippen molar-refractivity contribution in [1.82, 2.24) is 9.88 Å². The molecule has 0 unspecified atom stereocenters. The van der Waals surface area contributed by atoms with E-state index in [0.717, 1.165) is 38.8 Å². The average molecular weight is 579 g/mol. The zero-order valence-electron chi connectivity index (χ0n) is 24.4. The van der Waals surface area contributed by atoms with Gasteiger partial charge in [0.15, 0.2) is 0 Å². The van der Waals surface area contributed by atoms with Crippen LogP contribution in [0.25, 0.3) is 6.08 Å². The lowest BCUT2D eigenvalue weighted by Gasteiger charge is -2.29. The number of hydrogen-bond donors (Lipinski definition) is 2. The van der Waals surface area contributed by atoms with Gasteiger partial charge in [0.2, 0.25) is 0 Å². The van der Waals surface area contributed by atoms with Crippen LogP contribution in [-0.4, -0.2) is 39.8 Å². The number of allylic oxidation sites excluding steroid dienone is 2. The van der Waals surface area contributed by atoms with Crippen LogP contribution in [-0.2, 0) is 11.2 Å². The Kier molecular flexibility index (Phi) is 14.8. The quantitative estimate of drug-likeness (QED) is 0.116. The highest BCUT2D eigenvalue weighted by Gasteiger charge is 2.17. The van der Waals surface area contributed by atoms with E-state index in [1.165, 1.54) is 28.0 Å². The van der Waals surface area contributed by atoms with E-state index in [9.17, 15) is 4.79 Å². The largest absolute Gasteiger partial charge is 0.481 e. The van der Waals surface area contributed by atoms with E-state index in [4.69, 9.17) is 5.11 Å². The van der Waals surface area contributed by atoms with E-state index in [2.05, 4.69) is 151 Å². The summed E-state index contributed by atoms with van der Waals surface area (Å²) in [5, 5.41) is 7.65. The lowest BCUT2D eigenvalue weighted by Crippen LogP contribution is -2.26. The highest BCUT2D eigenvalue weighted by atomic mass is 32.1. The van der Waals surface area contributed by atoms with Crippen LogP contribution in [0.5, 0.6) is 0 Å². The molecule has 0 aliphatic rings. The number of rotatable bonds is 14. The predicted octanol–water partition coefficient (Wildman–Crippen LogP) is 8.55. The fraction of sp³-hybridized carbons (Fsp3) is 0.243. The molecule has 0 radical (unpaired) electrons. The fourth-order valence-electron chi connectivity index (χ4n) is 4.84. The lowest BCUT2D eigenvalue weighted by molar-refractivity contribution is -0.133. The van der Waals surface area contributed by atoms with Crippen LogP contribution in [0, 0.1) is 0 Å². The molecular weight excluding hydrogens is 536 g/mol. The van der Waals surface area contributed by atoms with Crippen LogP contribution in [0.1, 0.15) is 54.4 Å². The summed E-state index contributed by atoms with van der Waals surface area (Å²) < 4.78 is 0. The van der Waals surface area contributed by atoms with Crippen LogP contribution in [0.2, 0.25) is 0 Å². The second kappa shape index (κ2) is 19.1. The highest BCUT2D eigenvalue weighted by molar-refractivity contribution is 7.81. The maximum atomic E-state index is 9.29. The summed E-state index contributed by atoms with van der Waals surface area (Å²) in [5.74, 6) is -0.598. The highest BCUT2D eigenvalue weighted by Crippen LogP contribution is 2.29. The van der Waals surface area contributed by atoms with Crippen LogP contribution >= 0.6 is 12.6 Å². The summed E-state index contributed by atoms with van der Waals surface area (Å²) in [6.45, 7) is 4.24. The molecule has 0 aliphatic carbocycles. The summed E-state index contributed by atoms with van der Waals surface area (Å²) >= 11 is 3.42. The first kappa shape index (κ1) is 32.4. The molecule has 5 heteroatoms. The van der Waals surface area contributed by atoms with Gasteiger partial charge in [0, 0.05) is 37.1 Å². The number of carboxylic acids is 1. The molecule has 1 N–H and O–H groups in total. The van der Waals surface area contributed by atoms with Gasteiger partial charge >= 0.3 is 5.97 Å². The molecule has 1 heterocycles. The van der Waals surface area contributed by atoms with Gasteiger partial charge in [0.1, 0.15) is 0 Å². The smallest absolute Gasteiger partial charge is 0.313 e. The fourth-order valence-corrected chi connectivity index (χ4v) is 4.84. The summed E-state index contributed by atoms with van der Waals surface area (Å²) in [5.41, 5.74) is 6.64. The minimum atomic E-state index is -0.881. The first-order chi connectivity index (χ1) is 20.6. The van der Waals surface area contributed by atoms with Gasteiger partial charge in [-0.15, -0.1) is 0 Å². The first-order valence-electron chi connectivity index (χ1n) is 14.6. The third-order valence-electron chi connectivity index (χ3n) is 6.89. The van der Waals surface area contributed by atoms with Gasteiger partial charge in [-0.05, 0) is 66.1 Å². The summed E-state index contributed by atoms with van der Waals surface area (Å²) in [6.07, 6.45) is 14.8. The van der Waals surface area contributed by atoms with E-state index in [1.807, 2.05) is 12.4 Å². The summed E-state index contributed by atoms with van der Waals surface area (Å²) in [6, 6.07) is 36.8. The van der Waals surface area contributed by atoms with Crippen molar-refractivity contribution < 1.29 is 9.90 Å². The standard InChI is InChI=1S/C35H38N2.C2H4O2S/c1-2-13-34(22-21-31-23-26-36-27-24-31)37(28-12-16-30-14-6-3-7-15-30)29-25-35(32-17-8-4-9-18-32)33-19-10-5-11-20-33;3-2(4)1-5/h3-11,13-15,17-24,26-27,35H,2,12,16,25,28-29H2,1H3;5H,1H2,(H,3,4)/b22-21+,34-13-;. The number of thiol groups is 1. The van der Waals surface area contributed by atoms with Crippen molar-refractivity contribution in [2.45, 2.75) is 38.5 Å². The normalized spacial score (nSPS) is 11.3. The number of carbonyl (C=O) groups is 1. The van der Waals surface area contributed by atoms with E-state index in [1.54, 1.807) is 0 Å². The van der Waals surface area contributed by atoms with E-state index in [0.29, 0.717) is 5.92 Å². The number of aryl methyl sites for hydroxylation is 1. The van der Waals surface area contributed by atoms with Gasteiger partial charge in [0.25, 0.3) is 0 Å². The van der Waals surface area contributed by atoms with Crippen molar-refractivity contribution in [2.24, 2.45) is 0 Å². The summed E-state index contributed by atoms with van der Waals surface area (Å²) in [7, 11) is 0. The number of pyridine rings is 1. The minimum Gasteiger partial charge on any atom is -0.481 e. The monoisotopic (exact) mass is 578 g/mol. The second-order valence-corrected chi connectivity index (χ2v) is 10.3. The molecule has 4 rings (SSSR count). The maximum absolute atomic E-state index is 9.29. The number of nitrogens with zero attached hydrogens (tertiary/aromatic N) is 2. The van der Waals surface area contributed by atoms with Crippen molar-refractivity contribution in [3.8, 4) is 0 Å². The Morgan fingerprint density at radius 1 is 0.857 bits per heavy atom. The summed E-state index contributed by atoms with van der Waals surface area (Å²) in [4.78, 5) is 16.0. The Morgan fingerprint density at radius 2 is 1.40 bits per heavy atom. The van der Waals surface area contributed by atoms with Crippen LogP contribution in [0.3, 0.4) is 0 Å². The Labute approximate surface area is 256 Å². The van der Waals surface area contributed by atoms with Crippen LogP contribution < -0.4 is 0 Å². The SMILES string of the molecule is CC/C=C(/C=C/c1ccncc1)N(CCCc1ccccc1)CCC(c1ccccc1)c1ccccc1.O=C(O)CS. The molecule has 0 saturated heterocycles. The van der Waals surface area contributed by atoms with Gasteiger partial charge in [-0.1, -0.05) is 110 Å². The van der Waals surface area contributed by atoms with Gasteiger partial charge in [-0.2, -0.15) is 12.6 Å². The zero-order chi connectivity index (χ0) is 29.8. The Balaban J connectivity index is 0.000000892. The molecule has 1 aromatic heterocycles. The molecule has 3 aromatic carbocycles. The van der Waals surface area contributed by atoms with Crippen LogP contribution in [0.4, 0.5) is 0 Å².